The SMILES string of the molecule is Cn1c(=O)n(C2CCC(=O)NC2=O)c2ccc(C3CCN(CC4CCN(CC5CCC(NC(=O)[C@@H]6NC7(CCCCC7)[C@@]7(C(=O)Nc8cc(Cl)ccc87)[C@H]6c6cccc(Cl)c6F)CC5)C(C(=O)O)C4)CC3)cc21. The molecule has 4 amide bonds. The highest BCUT2D eigenvalue weighted by Gasteiger charge is 2.72. The smallest absolute Gasteiger partial charge is 0.329 e. The lowest BCUT2D eigenvalue weighted by Crippen LogP contribution is -2.60. The normalized spacial score (nSPS) is 29.9. The van der Waals surface area contributed by atoms with Crippen LogP contribution in [0.3, 0.4) is 0 Å². The zero-order chi connectivity index (χ0) is 50.9. The molecule has 6 heterocycles. The summed E-state index contributed by atoms with van der Waals surface area (Å²) in [6.07, 6.45) is 11.0. The predicted octanol–water partition coefficient (Wildman–Crippen LogP) is 7.13. The summed E-state index contributed by atoms with van der Waals surface area (Å²) in [5, 5.41) is 23.5. The number of likely N-dealkylation sites (tertiary alicyclic amines) is 2. The highest BCUT2D eigenvalue weighted by Crippen LogP contribution is 2.63. The summed E-state index contributed by atoms with van der Waals surface area (Å²) >= 11 is 12.9. The Labute approximate surface area is 433 Å². The van der Waals surface area contributed by atoms with Crippen molar-refractivity contribution in [2.45, 2.75) is 143 Å². The summed E-state index contributed by atoms with van der Waals surface area (Å²) in [6, 6.07) is 13.9. The van der Waals surface area contributed by atoms with Crippen LogP contribution in [0.25, 0.3) is 11.0 Å². The monoisotopic (exact) mass is 1040 g/mol. The maximum Gasteiger partial charge on any atom is 0.329 e. The van der Waals surface area contributed by atoms with Crippen LogP contribution in [0.4, 0.5) is 10.1 Å². The van der Waals surface area contributed by atoms with Crippen LogP contribution in [0.1, 0.15) is 131 Å². The number of rotatable bonds is 10. The minimum Gasteiger partial charge on any atom is -0.480 e. The number of nitrogens with one attached hydrogen (secondary N) is 4. The van der Waals surface area contributed by atoms with E-state index in [0.717, 1.165) is 94.9 Å². The predicted molar refractivity (Wildman–Crippen MR) is 275 cm³/mol. The molecule has 18 heteroatoms. The summed E-state index contributed by atoms with van der Waals surface area (Å²) in [7, 11) is 1.72. The van der Waals surface area contributed by atoms with E-state index in [9.17, 15) is 33.9 Å². The summed E-state index contributed by atoms with van der Waals surface area (Å²) in [5.41, 5.74) is 1.72. The number of piperidine rings is 3. The number of aliphatic carboxylic acids is 1. The van der Waals surface area contributed by atoms with Crippen molar-refractivity contribution in [2.75, 3.05) is 38.0 Å². The topological polar surface area (TPSA) is 187 Å². The number of hydrogen-bond acceptors (Lipinski definition) is 9. The van der Waals surface area contributed by atoms with Gasteiger partial charge in [0.05, 0.1) is 22.1 Å². The molecular formula is C55H65Cl2FN8O7. The lowest BCUT2D eigenvalue weighted by Gasteiger charge is -2.47. The Bertz CT molecular complexity index is 2920. The Hall–Kier alpha value is -5.13. The van der Waals surface area contributed by atoms with Gasteiger partial charge >= 0.3 is 11.7 Å². The summed E-state index contributed by atoms with van der Waals surface area (Å²) in [4.78, 5) is 84.9. The first kappa shape index (κ1) is 50.0. The molecule has 0 radical (unpaired) electrons. The molecule has 1 aromatic heterocycles. The minimum atomic E-state index is -1.30. The number of aryl methyl sites for hydroxylation is 1. The third-order valence-electron chi connectivity index (χ3n) is 18.3. The van der Waals surface area contributed by atoms with Crippen LogP contribution in [-0.4, -0.2) is 110 Å². The van der Waals surface area contributed by atoms with E-state index in [4.69, 9.17) is 23.2 Å². The minimum absolute atomic E-state index is 0.0678. The Morgan fingerprint density at radius 2 is 1.60 bits per heavy atom. The molecule has 3 unspecified atom stereocenters. The molecule has 11 rings (SSSR count). The highest BCUT2D eigenvalue weighted by atomic mass is 35.5. The van der Waals surface area contributed by atoms with Gasteiger partial charge in [-0.3, -0.25) is 48.6 Å². The quantitative estimate of drug-likeness (QED) is 0.102. The highest BCUT2D eigenvalue weighted by molar-refractivity contribution is 6.31. The third kappa shape index (κ3) is 8.80. The molecule has 4 aromatic rings. The van der Waals surface area contributed by atoms with Crippen LogP contribution in [0.15, 0.2) is 59.4 Å². The number of benzene rings is 3. The molecule has 2 saturated carbocycles. The van der Waals surface area contributed by atoms with Crippen LogP contribution in [0.5, 0.6) is 0 Å². The van der Waals surface area contributed by atoms with E-state index >= 15 is 4.39 Å². The maximum absolute atomic E-state index is 16.4. The average molecular weight is 1040 g/mol. The largest absolute Gasteiger partial charge is 0.480 e. The average Bonchev–Trinajstić information content (AvgIpc) is 3.93. The number of carbonyl (C=O) groups is 5. The lowest BCUT2D eigenvalue weighted by atomic mass is 9.55. The molecular weight excluding hydrogens is 975 g/mol. The molecule has 388 valence electrons. The van der Waals surface area contributed by atoms with Crippen molar-refractivity contribution in [3.05, 3.63) is 97.6 Å². The van der Waals surface area contributed by atoms with Crippen molar-refractivity contribution in [2.24, 2.45) is 18.9 Å². The Morgan fingerprint density at radius 3 is 2.34 bits per heavy atom. The second kappa shape index (κ2) is 19.9. The molecule has 0 bridgehead atoms. The van der Waals surface area contributed by atoms with Gasteiger partial charge in [0.1, 0.15) is 23.3 Å². The second-order valence-corrected chi connectivity index (χ2v) is 23.1. The van der Waals surface area contributed by atoms with Gasteiger partial charge in [-0.25, -0.2) is 9.18 Å². The van der Waals surface area contributed by atoms with Gasteiger partial charge in [-0.1, -0.05) is 66.7 Å². The van der Waals surface area contributed by atoms with E-state index in [0.29, 0.717) is 66.5 Å². The van der Waals surface area contributed by atoms with Gasteiger partial charge in [0.25, 0.3) is 0 Å². The van der Waals surface area contributed by atoms with Gasteiger partial charge in [0.15, 0.2) is 0 Å². The number of imidazole rings is 1. The molecule has 7 aliphatic rings. The van der Waals surface area contributed by atoms with Crippen molar-refractivity contribution in [1.29, 1.82) is 0 Å². The van der Waals surface area contributed by atoms with Crippen molar-refractivity contribution in [3.63, 3.8) is 0 Å². The number of fused-ring (bicyclic) bond motifs is 4. The number of anilines is 1. The van der Waals surface area contributed by atoms with E-state index in [1.807, 2.05) is 12.1 Å². The first-order valence-electron chi connectivity index (χ1n) is 26.5. The fraction of sp³-hybridized carbons (Fsp3) is 0.564. The number of imide groups is 1. The number of carboxylic acids is 1. The number of hydrogen-bond donors (Lipinski definition) is 5. The summed E-state index contributed by atoms with van der Waals surface area (Å²) in [6.45, 7) is 4.05. The van der Waals surface area contributed by atoms with Crippen LogP contribution in [0, 0.1) is 17.7 Å². The molecule has 5 N–H and O–H groups in total. The molecule has 4 saturated heterocycles. The van der Waals surface area contributed by atoms with Crippen molar-refractivity contribution >= 4 is 69.5 Å². The molecule has 6 atom stereocenters. The Balaban J connectivity index is 0.703. The van der Waals surface area contributed by atoms with Gasteiger partial charge in [0, 0.05) is 54.8 Å². The molecule has 5 aliphatic heterocycles. The first-order chi connectivity index (χ1) is 35.1. The zero-order valence-electron chi connectivity index (χ0n) is 41.3. The van der Waals surface area contributed by atoms with Gasteiger partial charge in [-0.15, -0.1) is 0 Å². The van der Waals surface area contributed by atoms with Crippen molar-refractivity contribution in [3.8, 4) is 0 Å². The lowest BCUT2D eigenvalue weighted by molar-refractivity contribution is -0.146. The van der Waals surface area contributed by atoms with E-state index < -0.39 is 52.7 Å². The maximum atomic E-state index is 16.4. The number of halogens is 3. The van der Waals surface area contributed by atoms with Gasteiger partial charge in [0.2, 0.25) is 23.6 Å². The molecule has 2 spiro atoms. The zero-order valence-corrected chi connectivity index (χ0v) is 42.8. The van der Waals surface area contributed by atoms with E-state index in [-0.39, 0.29) is 58.3 Å². The standard InChI is InChI=1S/C55H65Cl2FN8O7/c1-63-43-27-34(10-15-41(43)66(53(63)73)42-16-17-45(67)61-49(42)68)33-19-23-64(24-20-33)29-32-18-25-65(44(26-32)51(70)71)30-31-8-12-36(13-9-31)59-50(69)48-46(37-6-5-7-39(57)47(37)58)55(54(62-48)21-3-2-4-22-54)38-14-11-35(56)28-40(38)60-52(55)72/h5-7,10-11,14-15,27-28,31-33,36,42,44,46,48,62H,2-4,8-9,12-13,16-26,29-30H2,1H3,(H,59,69)(H,60,72)(H,70,71)(H,61,67,68)/t31?,32?,36?,42?,44?,46-,48+,55+/m0/s1. The van der Waals surface area contributed by atoms with Crippen LogP contribution >= 0.6 is 23.2 Å². The van der Waals surface area contributed by atoms with Crippen molar-refractivity contribution < 1.29 is 33.5 Å². The van der Waals surface area contributed by atoms with Crippen molar-refractivity contribution in [1.82, 2.24) is 34.9 Å². The summed E-state index contributed by atoms with van der Waals surface area (Å²) < 4.78 is 19.5. The number of amides is 4. The Morgan fingerprint density at radius 1 is 0.836 bits per heavy atom. The fourth-order valence-electron chi connectivity index (χ4n) is 14.7. The second-order valence-electron chi connectivity index (χ2n) is 22.3. The molecule has 73 heavy (non-hydrogen) atoms. The number of carboxylic acid groups (broad SMARTS) is 1. The van der Waals surface area contributed by atoms with E-state index in [2.05, 4.69) is 43.2 Å². The summed E-state index contributed by atoms with van der Waals surface area (Å²) in [5.74, 6) is -2.78. The molecule has 3 aromatic carbocycles. The first-order valence-corrected chi connectivity index (χ1v) is 27.3. The van der Waals surface area contributed by atoms with Gasteiger partial charge < -0.3 is 20.6 Å². The fourth-order valence-corrected chi connectivity index (χ4v) is 15.1. The van der Waals surface area contributed by atoms with Gasteiger partial charge in [-0.05, 0) is 155 Å². The molecule has 6 fully saturated rings. The molecule has 15 nitrogen and oxygen atoms in total. The van der Waals surface area contributed by atoms with Crippen LogP contribution in [0.2, 0.25) is 10.0 Å². The molecule has 2 aliphatic carbocycles. The van der Waals surface area contributed by atoms with E-state index in [1.165, 1.54) is 10.6 Å². The number of aromatic nitrogens is 2. The van der Waals surface area contributed by atoms with Crippen LogP contribution in [-0.2, 0) is 36.4 Å². The number of nitrogens with zero attached hydrogens (tertiary/aromatic N) is 4. The number of carbonyl (C=O) groups excluding carboxylic acids is 4. The van der Waals surface area contributed by atoms with Crippen LogP contribution < -0.4 is 27.0 Å². The van der Waals surface area contributed by atoms with E-state index in [1.54, 1.807) is 35.9 Å². The van der Waals surface area contributed by atoms with Gasteiger partial charge in [-0.2, -0.15) is 0 Å². The Kier molecular flexibility index (Phi) is 13.6. The third-order valence-corrected chi connectivity index (χ3v) is 18.8.